The average Bonchev–Trinajstić information content (AvgIpc) is 3.08. The van der Waals surface area contributed by atoms with E-state index in [0.29, 0.717) is 15.0 Å². The first kappa shape index (κ1) is 20.0. The fourth-order valence-electron chi connectivity index (χ4n) is 2.55. The van der Waals surface area contributed by atoms with Crippen LogP contribution in [0.3, 0.4) is 0 Å². The molecule has 1 aliphatic rings. The minimum absolute atomic E-state index is 0.104. The van der Waals surface area contributed by atoms with Crippen molar-refractivity contribution in [2.24, 2.45) is 0 Å². The summed E-state index contributed by atoms with van der Waals surface area (Å²) < 4.78 is 5.71. The van der Waals surface area contributed by atoms with Crippen LogP contribution in [-0.4, -0.2) is 46.5 Å². The topological polar surface area (TPSA) is 58.6 Å². The van der Waals surface area contributed by atoms with Gasteiger partial charge in [-0.1, -0.05) is 41.6 Å². The van der Waals surface area contributed by atoms with Crippen LogP contribution in [0.15, 0.2) is 12.1 Å². The van der Waals surface area contributed by atoms with Gasteiger partial charge in [-0.15, -0.1) is 0 Å². The van der Waals surface area contributed by atoms with Crippen LogP contribution in [0.2, 0.25) is 5.02 Å². The number of benzene rings is 1. The lowest BCUT2D eigenvalue weighted by Crippen LogP contribution is -2.26. The summed E-state index contributed by atoms with van der Waals surface area (Å²) in [4.78, 5) is 25.8. The van der Waals surface area contributed by atoms with Crippen molar-refractivity contribution < 1.29 is 14.3 Å². The number of nitrogens with one attached hydrogen (secondary N) is 1. The number of hydrogen-bond acceptors (Lipinski definition) is 5. The second-order valence-corrected chi connectivity index (χ2v) is 7.91. The predicted octanol–water partition coefficient (Wildman–Crippen LogP) is 3.55. The van der Waals surface area contributed by atoms with Gasteiger partial charge in [-0.3, -0.25) is 9.59 Å². The maximum Gasteiger partial charge on any atom is 0.316 e. The number of ether oxygens (including phenoxy) is 1. The van der Waals surface area contributed by atoms with Crippen LogP contribution in [0, 0.1) is 13.8 Å². The number of rotatable bonds is 5. The van der Waals surface area contributed by atoms with E-state index < -0.39 is 11.9 Å². The number of halogens is 1. The van der Waals surface area contributed by atoms with E-state index >= 15 is 0 Å². The molecule has 8 heteroatoms. The van der Waals surface area contributed by atoms with Gasteiger partial charge in [-0.05, 0) is 43.9 Å². The molecule has 0 radical (unpaired) electrons. The fourth-order valence-corrected chi connectivity index (χ4v) is 3.97. The van der Waals surface area contributed by atoms with Crippen molar-refractivity contribution in [1.82, 2.24) is 4.90 Å². The highest BCUT2D eigenvalue weighted by Crippen LogP contribution is 2.27. The minimum Gasteiger partial charge on any atom is -0.455 e. The zero-order valence-electron chi connectivity index (χ0n) is 14.3. The average molecular weight is 401 g/mol. The van der Waals surface area contributed by atoms with Crippen molar-refractivity contribution >= 4 is 57.5 Å². The maximum absolute atomic E-state index is 12.0. The third-order valence-corrected chi connectivity index (χ3v) is 5.53. The second kappa shape index (κ2) is 9.40. The molecule has 1 heterocycles. The van der Waals surface area contributed by atoms with Gasteiger partial charge in [-0.2, -0.15) is 0 Å². The molecular formula is C17H21ClN2O3S2. The summed E-state index contributed by atoms with van der Waals surface area (Å²) in [5, 5.41) is 3.14. The van der Waals surface area contributed by atoms with E-state index in [1.807, 2.05) is 19.9 Å². The van der Waals surface area contributed by atoms with Gasteiger partial charge in [0.25, 0.3) is 5.91 Å². The van der Waals surface area contributed by atoms with Crippen LogP contribution in [0.1, 0.15) is 24.0 Å². The molecule has 1 saturated heterocycles. The number of esters is 1. The zero-order chi connectivity index (χ0) is 18.4. The molecule has 2 rings (SSSR count). The molecule has 5 nitrogen and oxygen atoms in total. The molecule has 0 atom stereocenters. The van der Waals surface area contributed by atoms with E-state index in [1.165, 1.54) is 11.8 Å². The number of nitrogens with zero attached hydrogens (tertiary/aromatic N) is 1. The normalized spacial score (nSPS) is 13.6. The first-order valence-electron chi connectivity index (χ1n) is 8.00. The standard InChI is InChI=1S/C17H21ClN2O3S2/c1-11-7-12(2)16(13(18)8-11)19-14(21)9-23-15(22)10-25-17(24)20-5-3-4-6-20/h7-8H,3-6,9-10H2,1-2H3,(H,19,21). The molecular weight excluding hydrogens is 380 g/mol. The van der Waals surface area contributed by atoms with Gasteiger partial charge < -0.3 is 15.0 Å². The molecule has 1 amide bonds. The number of carbonyl (C=O) groups is 2. The first-order valence-corrected chi connectivity index (χ1v) is 9.78. The third-order valence-electron chi connectivity index (χ3n) is 3.74. The fraction of sp³-hybridized carbons (Fsp3) is 0.471. The summed E-state index contributed by atoms with van der Waals surface area (Å²) in [7, 11) is 0. The predicted molar refractivity (Wildman–Crippen MR) is 106 cm³/mol. The minimum atomic E-state index is -0.464. The summed E-state index contributed by atoms with van der Waals surface area (Å²) in [5.41, 5.74) is 2.41. The lowest BCUT2D eigenvalue weighted by Gasteiger charge is -2.17. The van der Waals surface area contributed by atoms with Gasteiger partial charge in [0.2, 0.25) is 0 Å². The lowest BCUT2D eigenvalue weighted by atomic mass is 10.1. The number of amides is 1. The Morgan fingerprint density at radius 3 is 2.64 bits per heavy atom. The molecule has 0 spiro atoms. The number of carbonyl (C=O) groups excluding carboxylic acids is 2. The molecule has 136 valence electrons. The van der Waals surface area contributed by atoms with E-state index in [4.69, 9.17) is 28.6 Å². The van der Waals surface area contributed by atoms with Crippen molar-refractivity contribution in [3.05, 3.63) is 28.3 Å². The highest BCUT2D eigenvalue weighted by molar-refractivity contribution is 8.23. The number of thiocarbonyl (C=S) groups is 1. The molecule has 0 bridgehead atoms. The van der Waals surface area contributed by atoms with Gasteiger partial charge in [-0.25, -0.2) is 0 Å². The number of thioether (sulfide) groups is 1. The molecule has 0 saturated carbocycles. The van der Waals surface area contributed by atoms with E-state index in [0.717, 1.165) is 37.1 Å². The highest BCUT2D eigenvalue weighted by Gasteiger charge is 2.17. The van der Waals surface area contributed by atoms with Crippen LogP contribution in [-0.2, 0) is 14.3 Å². The van der Waals surface area contributed by atoms with Crippen molar-refractivity contribution in [3.63, 3.8) is 0 Å². The largest absolute Gasteiger partial charge is 0.455 e. The van der Waals surface area contributed by atoms with Crippen LogP contribution in [0.5, 0.6) is 0 Å². The summed E-state index contributed by atoms with van der Waals surface area (Å²) in [6, 6.07) is 3.69. The van der Waals surface area contributed by atoms with E-state index in [2.05, 4.69) is 10.2 Å². The Balaban J connectivity index is 1.74. The van der Waals surface area contributed by atoms with E-state index in [-0.39, 0.29) is 12.4 Å². The SMILES string of the molecule is Cc1cc(C)c(NC(=O)COC(=O)CSC(=S)N2CCCC2)c(Cl)c1. The van der Waals surface area contributed by atoms with Gasteiger partial charge in [0, 0.05) is 13.1 Å². The monoisotopic (exact) mass is 400 g/mol. The summed E-state index contributed by atoms with van der Waals surface area (Å²) >= 11 is 12.7. The second-order valence-electron chi connectivity index (χ2n) is 5.90. The van der Waals surface area contributed by atoms with Crippen molar-refractivity contribution in [3.8, 4) is 0 Å². The van der Waals surface area contributed by atoms with Crippen molar-refractivity contribution in [2.75, 3.05) is 30.8 Å². The zero-order valence-corrected chi connectivity index (χ0v) is 16.7. The Morgan fingerprint density at radius 1 is 1.32 bits per heavy atom. The van der Waals surface area contributed by atoms with E-state index in [1.54, 1.807) is 6.07 Å². The molecule has 1 fully saturated rings. The number of hydrogen-bond donors (Lipinski definition) is 1. The van der Waals surface area contributed by atoms with Crippen molar-refractivity contribution in [1.29, 1.82) is 0 Å². The van der Waals surface area contributed by atoms with E-state index in [9.17, 15) is 9.59 Å². The molecule has 0 aliphatic carbocycles. The Bertz CT molecular complexity index is 653. The highest BCUT2D eigenvalue weighted by atomic mass is 35.5. The Kier molecular flexibility index (Phi) is 7.53. The molecule has 0 aromatic heterocycles. The lowest BCUT2D eigenvalue weighted by molar-refractivity contribution is -0.144. The smallest absolute Gasteiger partial charge is 0.316 e. The van der Waals surface area contributed by atoms with Crippen LogP contribution < -0.4 is 5.32 Å². The first-order chi connectivity index (χ1) is 11.9. The molecule has 1 aromatic rings. The molecule has 1 aliphatic heterocycles. The number of aryl methyl sites for hydroxylation is 2. The van der Waals surface area contributed by atoms with Gasteiger partial charge in [0.1, 0.15) is 4.32 Å². The summed E-state index contributed by atoms with van der Waals surface area (Å²) in [5.74, 6) is -0.782. The molecule has 1 N–H and O–H groups in total. The molecule has 0 unspecified atom stereocenters. The van der Waals surface area contributed by atoms with Crippen LogP contribution >= 0.6 is 35.6 Å². The number of likely N-dealkylation sites (tertiary alicyclic amines) is 1. The van der Waals surface area contributed by atoms with Gasteiger partial charge in [0.15, 0.2) is 6.61 Å². The quantitative estimate of drug-likeness (QED) is 0.602. The molecule has 25 heavy (non-hydrogen) atoms. The van der Waals surface area contributed by atoms with Gasteiger partial charge >= 0.3 is 5.97 Å². The van der Waals surface area contributed by atoms with Crippen molar-refractivity contribution in [2.45, 2.75) is 26.7 Å². The van der Waals surface area contributed by atoms with Gasteiger partial charge in [0.05, 0.1) is 16.5 Å². The Hall–Kier alpha value is -1.31. The Labute approximate surface area is 162 Å². The molecule has 1 aromatic carbocycles. The maximum atomic E-state index is 12.0. The Morgan fingerprint density at radius 2 is 2.00 bits per heavy atom. The van der Waals surface area contributed by atoms with Crippen LogP contribution in [0.25, 0.3) is 0 Å². The summed E-state index contributed by atoms with van der Waals surface area (Å²) in [6.07, 6.45) is 2.26. The van der Waals surface area contributed by atoms with Crippen LogP contribution in [0.4, 0.5) is 5.69 Å². The summed E-state index contributed by atoms with van der Waals surface area (Å²) in [6.45, 7) is 5.33. The third kappa shape index (κ3) is 6.17. The number of anilines is 1.